The number of aromatic hydroxyl groups is 6. The lowest BCUT2D eigenvalue weighted by molar-refractivity contribution is 0.101. The third-order valence-corrected chi connectivity index (χ3v) is 9.74. The van der Waals surface area contributed by atoms with Gasteiger partial charge in [0.2, 0.25) is 11.5 Å². The number of hydrogen-bond donors (Lipinski definition) is 10. The third-order valence-electron chi connectivity index (χ3n) is 6.95. The fourth-order valence-electron chi connectivity index (χ4n) is 4.47. The summed E-state index contributed by atoms with van der Waals surface area (Å²) in [6.45, 7) is 0. The molecule has 16 nitrogen and oxygen atoms in total. The van der Waals surface area contributed by atoms with Crippen molar-refractivity contribution in [1.82, 2.24) is 0 Å². The summed E-state index contributed by atoms with van der Waals surface area (Å²) >= 11 is 0. The molecule has 0 unspecified atom stereocenters. The number of nitrogens with one attached hydrogen (secondary N) is 4. The van der Waals surface area contributed by atoms with Gasteiger partial charge in [-0.15, -0.1) is 0 Å². The van der Waals surface area contributed by atoms with E-state index in [4.69, 9.17) is 0 Å². The van der Waals surface area contributed by atoms with Gasteiger partial charge in [-0.05, 0) is 60.7 Å². The Hall–Kier alpha value is -6.66. The molecule has 18 heteroatoms. The normalized spacial score (nSPS) is 11.4. The maximum atomic E-state index is 13.0. The first-order valence-electron chi connectivity index (χ1n) is 14.0. The zero-order valence-electron chi connectivity index (χ0n) is 25.2. The van der Waals surface area contributed by atoms with Crippen LogP contribution in [-0.4, -0.2) is 59.3 Å². The van der Waals surface area contributed by atoms with E-state index in [0.29, 0.717) is 12.1 Å². The lowest BCUT2D eigenvalue weighted by Crippen LogP contribution is -2.17. The van der Waals surface area contributed by atoms with E-state index in [2.05, 4.69) is 20.1 Å². The molecule has 5 aromatic carbocycles. The molecular formula is C32H26N4O12S2. The lowest BCUT2D eigenvalue weighted by Gasteiger charge is -2.15. The van der Waals surface area contributed by atoms with Gasteiger partial charge in [-0.3, -0.25) is 19.0 Å². The lowest BCUT2D eigenvalue weighted by atomic mass is 10.1. The van der Waals surface area contributed by atoms with E-state index in [1.807, 2.05) is 0 Å². The van der Waals surface area contributed by atoms with Crippen LogP contribution in [0.15, 0.2) is 107 Å². The Balaban J connectivity index is 1.34. The molecule has 0 aromatic heterocycles. The van der Waals surface area contributed by atoms with E-state index in [0.717, 1.165) is 0 Å². The highest BCUT2D eigenvalue weighted by Gasteiger charge is 2.30. The second kappa shape index (κ2) is 13.5. The number of phenolic OH excluding ortho intramolecular Hbond substituents is 6. The summed E-state index contributed by atoms with van der Waals surface area (Å²) in [5, 5.41) is 66.3. The monoisotopic (exact) mass is 722 g/mol. The molecule has 2 amide bonds. The molecule has 5 rings (SSSR count). The highest BCUT2D eigenvalue weighted by molar-refractivity contribution is 7.93. The van der Waals surface area contributed by atoms with E-state index >= 15 is 0 Å². The molecule has 0 aliphatic carbocycles. The Morgan fingerprint density at radius 2 is 0.740 bits per heavy atom. The predicted octanol–water partition coefficient (Wildman–Crippen LogP) is 4.03. The van der Waals surface area contributed by atoms with Crippen LogP contribution in [0, 0.1) is 0 Å². The molecular weight excluding hydrogens is 697 g/mol. The number of para-hydroxylation sites is 2. The van der Waals surface area contributed by atoms with Crippen LogP contribution in [0.25, 0.3) is 0 Å². The Labute approximate surface area is 283 Å². The standard InChI is InChI=1S/C32H26N4O12S2/c37-25-21(15-23(27(39)29(25)41)49(45,46)35-19-7-3-1-4-8-19)31(43)33-17-11-13-18(14-12-17)34-32(44)22-16-24(28(40)30(42)26(22)38)50(47,48)36-20-9-5-2-6-10-20/h1-16,35-42H,(H,33,43)(H,34,44). The van der Waals surface area contributed by atoms with Gasteiger partial charge in [0.05, 0.1) is 11.1 Å². The van der Waals surface area contributed by atoms with E-state index in [1.165, 1.54) is 72.8 Å². The van der Waals surface area contributed by atoms with Crippen molar-refractivity contribution < 1.29 is 57.1 Å². The topological polar surface area (TPSA) is 272 Å². The van der Waals surface area contributed by atoms with Crippen LogP contribution < -0.4 is 20.1 Å². The van der Waals surface area contributed by atoms with Gasteiger partial charge in [0.1, 0.15) is 9.79 Å². The van der Waals surface area contributed by atoms with Gasteiger partial charge >= 0.3 is 0 Å². The quantitative estimate of drug-likeness (QED) is 0.0916. The number of carbonyl (C=O) groups is 2. The molecule has 258 valence electrons. The summed E-state index contributed by atoms with van der Waals surface area (Å²) < 4.78 is 56.1. The maximum absolute atomic E-state index is 13.0. The molecule has 0 saturated carbocycles. The number of carbonyl (C=O) groups excluding carboxylic acids is 2. The van der Waals surface area contributed by atoms with E-state index in [-0.39, 0.29) is 22.7 Å². The van der Waals surface area contributed by atoms with Gasteiger partial charge in [0, 0.05) is 22.7 Å². The number of rotatable bonds is 10. The zero-order valence-corrected chi connectivity index (χ0v) is 26.8. The summed E-state index contributed by atoms with van der Waals surface area (Å²) in [5.74, 6) is -9.36. The fourth-order valence-corrected chi connectivity index (χ4v) is 6.83. The smallest absolute Gasteiger partial charge is 0.265 e. The van der Waals surface area contributed by atoms with Gasteiger partial charge in [0.15, 0.2) is 23.0 Å². The number of benzene rings is 5. The average molecular weight is 723 g/mol. The van der Waals surface area contributed by atoms with Crippen LogP contribution in [0.5, 0.6) is 34.5 Å². The minimum Gasteiger partial charge on any atom is -0.504 e. The van der Waals surface area contributed by atoms with Crippen molar-refractivity contribution in [3.05, 3.63) is 108 Å². The minimum atomic E-state index is -4.56. The second-order valence-electron chi connectivity index (χ2n) is 10.4. The second-order valence-corrected chi connectivity index (χ2v) is 13.7. The SMILES string of the molecule is O=C(Nc1ccc(NC(=O)c2cc(S(=O)(=O)Nc3ccccc3)c(O)c(O)c2O)cc1)c1cc(S(=O)(=O)Nc2ccccc2)c(O)c(O)c1O. The molecule has 50 heavy (non-hydrogen) atoms. The van der Waals surface area contributed by atoms with Crippen molar-refractivity contribution in [3.63, 3.8) is 0 Å². The molecule has 0 heterocycles. The van der Waals surface area contributed by atoms with Crippen LogP contribution in [-0.2, 0) is 20.0 Å². The molecule has 0 saturated heterocycles. The Kier molecular flexibility index (Phi) is 9.33. The summed E-state index contributed by atoms with van der Waals surface area (Å²) in [5.41, 5.74) is -1.14. The van der Waals surface area contributed by atoms with Crippen LogP contribution >= 0.6 is 0 Å². The number of amides is 2. The predicted molar refractivity (Wildman–Crippen MR) is 180 cm³/mol. The third kappa shape index (κ3) is 7.10. The first kappa shape index (κ1) is 34.7. The zero-order chi connectivity index (χ0) is 36.4. The van der Waals surface area contributed by atoms with Gasteiger partial charge in [0.25, 0.3) is 31.9 Å². The maximum Gasteiger partial charge on any atom is 0.265 e. The summed E-state index contributed by atoms with van der Waals surface area (Å²) in [6, 6.07) is 21.4. The van der Waals surface area contributed by atoms with Crippen LogP contribution in [0.4, 0.5) is 22.7 Å². The van der Waals surface area contributed by atoms with Crippen molar-refractivity contribution in [2.24, 2.45) is 0 Å². The van der Waals surface area contributed by atoms with E-state index < -0.39 is 87.3 Å². The minimum absolute atomic E-state index is 0.0391. The van der Waals surface area contributed by atoms with Crippen molar-refractivity contribution in [2.75, 3.05) is 20.1 Å². The van der Waals surface area contributed by atoms with E-state index in [9.17, 15) is 57.1 Å². The molecule has 0 aliphatic rings. The molecule has 0 radical (unpaired) electrons. The largest absolute Gasteiger partial charge is 0.504 e. The molecule has 0 bridgehead atoms. The van der Waals surface area contributed by atoms with Gasteiger partial charge in [-0.2, -0.15) is 0 Å². The number of phenols is 6. The van der Waals surface area contributed by atoms with Crippen LogP contribution in [0.2, 0.25) is 0 Å². The molecule has 0 spiro atoms. The Morgan fingerprint density at radius 1 is 0.420 bits per heavy atom. The summed E-state index contributed by atoms with van der Waals surface area (Å²) in [7, 11) is -9.12. The number of sulfonamides is 2. The first-order valence-corrected chi connectivity index (χ1v) is 17.0. The average Bonchev–Trinajstić information content (AvgIpc) is 3.07. The van der Waals surface area contributed by atoms with Crippen molar-refractivity contribution in [2.45, 2.75) is 9.79 Å². The number of hydrogen-bond acceptors (Lipinski definition) is 12. The van der Waals surface area contributed by atoms with Crippen molar-refractivity contribution in [1.29, 1.82) is 0 Å². The highest BCUT2D eigenvalue weighted by atomic mass is 32.2. The molecule has 5 aromatic rings. The van der Waals surface area contributed by atoms with Gasteiger partial charge in [-0.1, -0.05) is 36.4 Å². The van der Waals surface area contributed by atoms with Crippen molar-refractivity contribution in [3.8, 4) is 34.5 Å². The molecule has 0 aliphatic heterocycles. The van der Waals surface area contributed by atoms with E-state index in [1.54, 1.807) is 12.1 Å². The molecule has 10 N–H and O–H groups in total. The first-order chi connectivity index (χ1) is 23.6. The Morgan fingerprint density at radius 3 is 1.06 bits per heavy atom. The van der Waals surface area contributed by atoms with Crippen LogP contribution in [0.3, 0.4) is 0 Å². The Bertz CT molecular complexity index is 2170. The van der Waals surface area contributed by atoms with Crippen LogP contribution in [0.1, 0.15) is 20.7 Å². The fraction of sp³-hybridized carbons (Fsp3) is 0. The van der Waals surface area contributed by atoms with Crippen molar-refractivity contribution >= 4 is 54.6 Å². The van der Waals surface area contributed by atoms with Gasteiger partial charge in [-0.25, -0.2) is 16.8 Å². The van der Waals surface area contributed by atoms with Gasteiger partial charge < -0.3 is 41.3 Å². The molecule has 0 fully saturated rings. The highest BCUT2D eigenvalue weighted by Crippen LogP contribution is 2.44. The summed E-state index contributed by atoms with van der Waals surface area (Å²) in [4.78, 5) is 24.3. The molecule has 0 atom stereocenters. The number of anilines is 4. The summed E-state index contributed by atoms with van der Waals surface area (Å²) in [6.07, 6.45) is 0.